The number of carbonyl (C=O) groups excluding carboxylic acids is 2. The molecule has 3 fully saturated rings. The van der Waals surface area contributed by atoms with Gasteiger partial charge in [-0.2, -0.15) is 0 Å². The van der Waals surface area contributed by atoms with Crippen LogP contribution in [0.5, 0.6) is 0 Å². The van der Waals surface area contributed by atoms with Gasteiger partial charge in [0.1, 0.15) is 6.10 Å². The zero-order valence-electron chi connectivity index (χ0n) is 23.4. The minimum atomic E-state index is -0.429. The van der Waals surface area contributed by atoms with Gasteiger partial charge in [0.05, 0.1) is 0 Å². The molecule has 0 saturated heterocycles. The zero-order chi connectivity index (χ0) is 25.5. The van der Waals surface area contributed by atoms with Gasteiger partial charge in [0.25, 0.3) is 0 Å². The molecule has 4 aliphatic rings. The second kappa shape index (κ2) is 10.2. The van der Waals surface area contributed by atoms with Gasteiger partial charge >= 0.3 is 11.9 Å². The maximum Gasteiger partial charge on any atom is 0.303 e. The fraction of sp³-hybridized carbons (Fsp3) is 0.871. The Morgan fingerprint density at radius 1 is 0.943 bits per heavy atom. The molecule has 0 N–H and O–H groups in total. The van der Waals surface area contributed by atoms with Crippen LogP contribution in [0.3, 0.4) is 0 Å². The lowest BCUT2D eigenvalue weighted by atomic mass is 9.46. The molecule has 0 unspecified atom stereocenters. The van der Waals surface area contributed by atoms with Crippen molar-refractivity contribution in [2.45, 2.75) is 125 Å². The molecule has 0 aromatic carbocycles. The fourth-order valence-electron chi connectivity index (χ4n) is 9.36. The summed E-state index contributed by atoms with van der Waals surface area (Å²) >= 11 is 0. The molecule has 0 bridgehead atoms. The molecule has 4 heteroatoms. The predicted octanol–water partition coefficient (Wildman–Crippen LogP) is 7.50. The molecule has 4 nitrogen and oxygen atoms in total. The number of hydrogen-bond acceptors (Lipinski definition) is 4. The van der Waals surface area contributed by atoms with Crippen LogP contribution < -0.4 is 0 Å². The van der Waals surface area contributed by atoms with Crippen molar-refractivity contribution in [2.24, 2.45) is 46.3 Å². The van der Waals surface area contributed by atoms with E-state index in [-0.39, 0.29) is 23.5 Å². The maximum absolute atomic E-state index is 12.0. The number of carbonyl (C=O) groups is 2. The van der Waals surface area contributed by atoms with E-state index in [9.17, 15) is 9.59 Å². The molecule has 0 spiro atoms. The monoisotopic (exact) mass is 486 g/mol. The van der Waals surface area contributed by atoms with Crippen molar-refractivity contribution in [3.05, 3.63) is 11.6 Å². The number of fused-ring (bicyclic) bond motifs is 5. The Bertz CT molecular complexity index is 830. The van der Waals surface area contributed by atoms with Gasteiger partial charge in [0, 0.05) is 13.8 Å². The Kier molecular flexibility index (Phi) is 7.80. The van der Waals surface area contributed by atoms with Crippen LogP contribution in [-0.4, -0.2) is 24.1 Å². The average Bonchev–Trinajstić information content (AvgIpc) is 3.12. The highest BCUT2D eigenvalue weighted by atomic mass is 16.6. The van der Waals surface area contributed by atoms with Crippen molar-refractivity contribution in [2.75, 3.05) is 0 Å². The van der Waals surface area contributed by atoms with E-state index >= 15 is 0 Å². The van der Waals surface area contributed by atoms with E-state index in [2.05, 4.69) is 40.7 Å². The van der Waals surface area contributed by atoms with E-state index in [0.29, 0.717) is 11.3 Å². The van der Waals surface area contributed by atoms with E-state index in [1.54, 1.807) is 0 Å². The van der Waals surface area contributed by atoms with Crippen molar-refractivity contribution < 1.29 is 19.1 Å². The van der Waals surface area contributed by atoms with Gasteiger partial charge in [-0.15, -0.1) is 0 Å². The summed E-state index contributed by atoms with van der Waals surface area (Å²) in [5.41, 5.74) is 1.72. The summed E-state index contributed by atoms with van der Waals surface area (Å²) in [5, 5.41) is 0. The summed E-state index contributed by atoms with van der Waals surface area (Å²) in [4.78, 5) is 23.8. The lowest BCUT2D eigenvalue weighted by Crippen LogP contribution is -2.55. The Morgan fingerprint density at radius 3 is 2.31 bits per heavy atom. The summed E-state index contributed by atoms with van der Waals surface area (Å²) in [5.74, 6) is 4.04. The smallest absolute Gasteiger partial charge is 0.303 e. The second-order valence-corrected chi connectivity index (χ2v) is 13.4. The molecule has 3 saturated carbocycles. The Morgan fingerprint density at radius 2 is 1.66 bits per heavy atom. The summed E-state index contributed by atoms with van der Waals surface area (Å²) in [7, 11) is 0. The molecule has 0 radical (unpaired) electrons. The van der Waals surface area contributed by atoms with Gasteiger partial charge in [-0.05, 0) is 96.9 Å². The Hall–Kier alpha value is -1.32. The van der Waals surface area contributed by atoms with Crippen molar-refractivity contribution in [3.8, 4) is 0 Å². The summed E-state index contributed by atoms with van der Waals surface area (Å²) in [6.07, 6.45) is 13.9. The number of allylic oxidation sites excluding steroid dienone is 1. The molecule has 4 aliphatic carbocycles. The molecule has 35 heavy (non-hydrogen) atoms. The predicted molar refractivity (Wildman–Crippen MR) is 140 cm³/mol. The molecule has 0 aliphatic heterocycles. The molecule has 0 aromatic heterocycles. The second-order valence-electron chi connectivity index (χ2n) is 13.4. The third kappa shape index (κ3) is 4.97. The largest absolute Gasteiger partial charge is 0.458 e. The van der Waals surface area contributed by atoms with Crippen LogP contribution in [0.15, 0.2) is 11.6 Å². The minimum Gasteiger partial charge on any atom is -0.458 e. The van der Waals surface area contributed by atoms with Crippen molar-refractivity contribution in [1.29, 1.82) is 0 Å². The number of rotatable bonds is 7. The van der Waals surface area contributed by atoms with E-state index in [0.717, 1.165) is 48.9 Å². The highest BCUT2D eigenvalue weighted by Crippen LogP contribution is 2.67. The van der Waals surface area contributed by atoms with E-state index in [4.69, 9.17) is 9.47 Å². The van der Waals surface area contributed by atoms with Gasteiger partial charge in [-0.25, -0.2) is 0 Å². The van der Waals surface area contributed by atoms with Crippen molar-refractivity contribution in [3.63, 3.8) is 0 Å². The molecule has 4 rings (SSSR count). The molecule has 0 aromatic rings. The van der Waals surface area contributed by atoms with Crippen LogP contribution in [-0.2, 0) is 19.1 Å². The van der Waals surface area contributed by atoms with Gasteiger partial charge in [0.15, 0.2) is 6.10 Å². The fourth-order valence-corrected chi connectivity index (χ4v) is 9.36. The van der Waals surface area contributed by atoms with Crippen molar-refractivity contribution in [1.82, 2.24) is 0 Å². The van der Waals surface area contributed by atoms with E-state index < -0.39 is 6.10 Å². The number of esters is 2. The molecule has 9 atom stereocenters. The molecule has 0 heterocycles. The van der Waals surface area contributed by atoms with Gasteiger partial charge < -0.3 is 9.47 Å². The minimum absolute atomic E-state index is 0.0297. The average molecular weight is 487 g/mol. The Labute approximate surface area is 214 Å². The van der Waals surface area contributed by atoms with Crippen LogP contribution in [0.2, 0.25) is 0 Å². The van der Waals surface area contributed by atoms with Crippen molar-refractivity contribution >= 4 is 11.9 Å². The third-order valence-electron chi connectivity index (χ3n) is 10.9. The first-order chi connectivity index (χ1) is 16.5. The van der Waals surface area contributed by atoms with E-state index in [1.807, 2.05) is 0 Å². The third-order valence-corrected chi connectivity index (χ3v) is 10.9. The lowest BCUT2D eigenvalue weighted by molar-refractivity contribution is -0.170. The molecular formula is C31H50O4. The Balaban J connectivity index is 1.55. The van der Waals surface area contributed by atoms with Gasteiger partial charge in [0.2, 0.25) is 0 Å². The molecule has 198 valence electrons. The first kappa shape index (κ1) is 26.7. The summed E-state index contributed by atoms with van der Waals surface area (Å²) in [6.45, 7) is 15.2. The van der Waals surface area contributed by atoms with Crippen LogP contribution >= 0.6 is 0 Å². The quantitative estimate of drug-likeness (QED) is 0.276. The summed E-state index contributed by atoms with van der Waals surface area (Å²) in [6, 6.07) is 0. The first-order valence-electron chi connectivity index (χ1n) is 14.5. The van der Waals surface area contributed by atoms with Crippen LogP contribution in [0.1, 0.15) is 113 Å². The molecule has 0 amide bonds. The topological polar surface area (TPSA) is 52.6 Å². The summed E-state index contributed by atoms with van der Waals surface area (Å²) < 4.78 is 11.5. The maximum atomic E-state index is 12.0. The standard InChI is InChI=1S/C31H50O4/c1-19(2)9-8-10-20(3)24-13-14-25-23-11-12-27-29(35-22(5)33)28(34-21(4)32)16-18-31(27,7)26(23)15-17-30(24,25)6/h12,19-20,23-26,28-29H,8-11,13-18H2,1-7H3/t20-,23+,24-,25+,26+,28+,29-,30-,31-/m1/s1. The van der Waals surface area contributed by atoms with E-state index in [1.165, 1.54) is 64.4 Å². The number of ether oxygens (including phenoxy) is 2. The normalized spacial score (nSPS) is 41.3. The highest BCUT2D eigenvalue weighted by molar-refractivity contribution is 5.68. The number of hydrogen-bond donors (Lipinski definition) is 0. The van der Waals surface area contributed by atoms with Crippen LogP contribution in [0, 0.1) is 46.3 Å². The van der Waals surface area contributed by atoms with Gasteiger partial charge in [-0.1, -0.05) is 60.0 Å². The SMILES string of the molecule is CC(=O)O[C@H]1CC[C@@]2(C)C(=CC[C@H]3[C@@H]4CC[C@H]([C@H](C)CCCC(C)C)[C@@]4(C)CC[C@@H]32)[C@H]1OC(C)=O. The van der Waals surface area contributed by atoms with Crippen LogP contribution in [0.4, 0.5) is 0 Å². The van der Waals surface area contributed by atoms with Gasteiger partial charge in [-0.3, -0.25) is 9.59 Å². The van der Waals surface area contributed by atoms with Crippen LogP contribution in [0.25, 0.3) is 0 Å². The highest BCUT2D eigenvalue weighted by Gasteiger charge is 2.60. The molecular weight excluding hydrogens is 436 g/mol. The lowest BCUT2D eigenvalue weighted by Gasteiger charge is -2.59. The first-order valence-corrected chi connectivity index (χ1v) is 14.5. The zero-order valence-corrected chi connectivity index (χ0v) is 23.4.